The second-order valence-corrected chi connectivity index (χ2v) is 4.96. The van der Waals surface area contributed by atoms with E-state index in [1.54, 1.807) is 30.3 Å². The summed E-state index contributed by atoms with van der Waals surface area (Å²) in [5.41, 5.74) is 0.323. The molecule has 0 aliphatic rings. The van der Waals surface area contributed by atoms with Gasteiger partial charge in [0.05, 0.1) is 15.6 Å². The van der Waals surface area contributed by atoms with Crippen molar-refractivity contribution in [2.75, 3.05) is 10.6 Å². The third kappa shape index (κ3) is 4.32. The van der Waals surface area contributed by atoms with Crippen molar-refractivity contribution in [3.63, 3.8) is 0 Å². The highest BCUT2D eigenvalue weighted by Gasteiger charge is 2.14. The van der Waals surface area contributed by atoms with Crippen LogP contribution in [0.3, 0.4) is 0 Å². The van der Waals surface area contributed by atoms with E-state index < -0.39 is 10.8 Å². The fourth-order valence-electron chi connectivity index (χ4n) is 1.75. The SMILES string of the molecule is N#C/C(=C/Nc1ccccc1)C(=O)Nc1cc([N+](=O)[O-])ccc1Cl. The molecule has 0 bridgehead atoms. The Bertz CT molecular complexity index is 844. The number of hydrogen-bond acceptors (Lipinski definition) is 5. The lowest BCUT2D eigenvalue weighted by Crippen LogP contribution is -2.15. The summed E-state index contributed by atoms with van der Waals surface area (Å²) in [7, 11) is 0. The summed E-state index contributed by atoms with van der Waals surface area (Å²) in [6.45, 7) is 0. The fraction of sp³-hybridized carbons (Fsp3) is 0. The number of benzene rings is 2. The van der Waals surface area contributed by atoms with Crippen LogP contribution in [0, 0.1) is 21.4 Å². The van der Waals surface area contributed by atoms with Crippen LogP contribution in [0.25, 0.3) is 0 Å². The highest BCUT2D eigenvalue weighted by atomic mass is 35.5. The van der Waals surface area contributed by atoms with Crippen molar-refractivity contribution in [1.29, 1.82) is 5.26 Å². The van der Waals surface area contributed by atoms with Crippen LogP contribution < -0.4 is 10.6 Å². The summed E-state index contributed by atoms with van der Waals surface area (Å²) in [4.78, 5) is 22.3. The average molecular weight is 343 g/mol. The molecular formula is C16H11ClN4O3. The summed E-state index contributed by atoms with van der Waals surface area (Å²) in [6, 6.07) is 14.4. The molecule has 0 aliphatic carbocycles. The number of anilines is 2. The molecule has 120 valence electrons. The zero-order chi connectivity index (χ0) is 17.5. The number of nitrogens with zero attached hydrogens (tertiary/aromatic N) is 2. The first-order valence-corrected chi connectivity index (χ1v) is 7.06. The Morgan fingerprint density at radius 3 is 2.58 bits per heavy atom. The van der Waals surface area contributed by atoms with Gasteiger partial charge < -0.3 is 10.6 Å². The Balaban J connectivity index is 2.17. The van der Waals surface area contributed by atoms with Crippen LogP contribution in [0.5, 0.6) is 0 Å². The molecule has 0 saturated carbocycles. The molecule has 7 nitrogen and oxygen atoms in total. The number of non-ortho nitro benzene ring substituents is 1. The van der Waals surface area contributed by atoms with Gasteiger partial charge in [-0.25, -0.2) is 0 Å². The van der Waals surface area contributed by atoms with Crippen molar-refractivity contribution in [3.05, 3.63) is 75.4 Å². The molecule has 24 heavy (non-hydrogen) atoms. The number of hydrogen-bond donors (Lipinski definition) is 2. The molecule has 0 radical (unpaired) electrons. The van der Waals surface area contributed by atoms with Crippen LogP contribution in [-0.2, 0) is 4.79 Å². The zero-order valence-electron chi connectivity index (χ0n) is 12.2. The number of nitro groups is 1. The third-order valence-electron chi connectivity index (χ3n) is 2.93. The van der Waals surface area contributed by atoms with Crippen molar-refractivity contribution in [2.24, 2.45) is 0 Å². The maximum absolute atomic E-state index is 12.1. The van der Waals surface area contributed by atoms with Gasteiger partial charge in [-0.05, 0) is 18.2 Å². The minimum Gasteiger partial charge on any atom is -0.360 e. The standard InChI is InChI=1S/C16H11ClN4O3/c17-14-7-6-13(21(23)24)8-15(14)20-16(22)11(9-18)10-19-12-4-2-1-3-5-12/h1-8,10,19H,(H,20,22)/b11-10-. The third-order valence-corrected chi connectivity index (χ3v) is 3.26. The van der Waals surface area contributed by atoms with Crippen LogP contribution in [0.2, 0.25) is 5.02 Å². The van der Waals surface area contributed by atoms with Crippen molar-refractivity contribution < 1.29 is 9.72 Å². The summed E-state index contributed by atoms with van der Waals surface area (Å²) in [5.74, 6) is -0.733. The lowest BCUT2D eigenvalue weighted by atomic mass is 10.2. The van der Waals surface area contributed by atoms with Crippen LogP contribution in [0.15, 0.2) is 60.3 Å². The van der Waals surface area contributed by atoms with E-state index in [0.717, 1.165) is 6.07 Å². The predicted molar refractivity (Wildman–Crippen MR) is 90.5 cm³/mol. The normalized spacial score (nSPS) is 10.6. The van der Waals surface area contributed by atoms with Crippen LogP contribution in [0.1, 0.15) is 0 Å². The highest BCUT2D eigenvalue weighted by molar-refractivity contribution is 6.34. The Morgan fingerprint density at radius 1 is 1.25 bits per heavy atom. The number of nitro benzene ring substituents is 1. The van der Waals surface area contributed by atoms with E-state index >= 15 is 0 Å². The second kappa shape index (κ2) is 7.76. The molecule has 0 unspecified atom stereocenters. The molecule has 2 aromatic rings. The van der Waals surface area contributed by atoms with Gasteiger partial charge in [-0.3, -0.25) is 14.9 Å². The lowest BCUT2D eigenvalue weighted by molar-refractivity contribution is -0.384. The molecule has 0 aliphatic heterocycles. The number of rotatable bonds is 5. The molecule has 0 fully saturated rings. The van der Waals surface area contributed by atoms with Gasteiger partial charge in [0, 0.05) is 24.0 Å². The highest BCUT2D eigenvalue weighted by Crippen LogP contribution is 2.27. The average Bonchev–Trinajstić information content (AvgIpc) is 2.58. The van der Waals surface area contributed by atoms with Gasteiger partial charge in [0.25, 0.3) is 11.6 Å². The summed E-state index contributed by atoms with van der Waals surface area (Å²) in [6.07, 6.45) is 1.25. The molecule has 0 atom stereocenters. The molecule has 2 rings (SSSR count). The Labute approximate surface area is 142 Å². The van der Waals surface area contributed by atoms with E-state index in [-0.39, 0.29) is 22.0 Å². The number of carbonyl (C=O) groups is 1. The Morgan fingerprint density at radius 2 is 1.96 bits per heavy atom. The van der Waals surface area contributed by atoms with Crippen LogP contribution in [0.4, 0.5) is 17.1 Å². The summed E-state index contributed by atoms with van der Waals surface area (Å²) in [5, 5.41) is 25.2. The van der Waals surface area contributed by atoms with Crippen molar-refractivity contribution >= 4 is 34.6 Å². The van der Waals surface area contributed by atoms with Crippen molar-refractivity contribution in [2.45, 2.75) is 0 Å². The second-order valence-electron chi connectivity index (χ2n) is 4.56. The maximum atomic E-state index is 12.1. The van der Waals surface area contributed by atoms with Crippen LogP contribution in [-0.4, -0.2) is 10.8 Å². The molecule has 1 amide bonds. The van der Waals surface area contributed by atoms with Crippen molar-refractivity contribution in [3.8, 4) is 6.07 Å². The predicted octanol–water partition coefficient (Wildman–Crippen LogP) is 3.71. The number of nitriles is 1. The molecule has 2 aromatic carbocycles. The van der Waals surface area contributed by atoms with E-state index in [1.165, 1.54) is 18.3 Å². The van der Waals surface area contributed by atoms with Crippen LogP contribution >= 0.6 is 11.6 Å². The number of carbonyl (C=O) groups excluding carboxylic acids is 1. The van der Waals surface area contributed by atoms with Gasteiger partial charge in [0.1, 0.15) is 11.6 Å². The minimum atomic E-state index is -0.733. The monoisotopic (exact) mass is 342 g/mol. The number of para-hydroxylation sites is 1. The van der Waals surface area contributed by atoms with Crippen molar-refractivity contribution in [1.82, 2.24) is 0 Å². The maximum Gasteiger partial charge on any atom is 0.271 e. The largest absolute Gasteiger partial charge is 0.360 e. The molecule has 2 N–H and O–H groups in total. The molecule has 0 heterocycles. The van der Waals surface area contributed by atoms with E-state index in [2.05, 4.69) is 10.6 Å². The van der Waals surface area contributed by atoms with Gasteiger partial charge in [-0.2, -0.15) is 5.26 Å². The van der Waals surface area contributed by atoms with Gasteiger partial charge >= 0.3 is 0 Å². The first-order chi connectivity index (χ1) is 11.5. The van der Waals surface area contributed by atoms with Gasteiger partial charge in [-0.15, -0.1) is 0 Å². The quantitative estimate of drug-likeness (QED) is 0.372. The minimum absolute atomic E-state index is 0.0525. The van der Waals surface area contributed by atoms with E-state index in [0.29, 0.717) is 5.69 Å². The molecule has 8 heteroatoms. The van der Waals surface area contributed by atoms with E-state index in [9.17, 15) is 14.9 Å². The zero-order valence-corrected chi connectivity index (χ0v) is 12.9. The smallest absolute Gasteiger partial charge is 0.271 e. The molecule has 0 saturated heterocycles. The summed E-state index contributed by atoms with van der Waals surface area (Å²) < 4.78 is 0. The Kier molecular flexibility index (Phi) is 5.49. The van der Waals surface area contributed by atoms with Gasteiger partial charge in [-0.1, -0.05) is 29.8 Å². The topological polar surface area (TPSA) is 108 Å². The fourth-order valence-corrected chi connectivity index (χ4v) is 1.92. The van der Waals surface area contributed by atoms with E-state index in [4.69, 9.17) is 16.9 Å². The Hall–Kier alpha value is -3.37. The van der Waals surface area contributed by atoms with E-state index in [1.807, 2.05) is 6.07 Å². The first-order valence-electron chi connectivity index (χ1n) is 6.68. The summed E-state index contributed by atoms with van der Waals surface area (Å²) >= 11 is 5.91. The number of halogens is 1. The van der Waals surface area contributed by atoms with Gasteiger partial charge in [0.2, 0.25) is 0 Å². The molecule has 0 spiro atoms. The lowest BCUT2D eigenvalue weighted by Gasteiger charge is -2.07. The van der Waals surface area contributed by atoms with Gasteiger partial charge in [0.15, 0.2) is 0 Å². The first kappa shape index (κ1) is 17.0. The number of nitrogens with one attached hydrogen (secondary N) is 2. The molecule has 0 aromatic heterocycles. The number of amides is 1. The molecular weight excluding hydrogens is 332 g/mol.